The molecule has 0 bridgehead atoms. The molecule has 4 aromatic carbocycles. The molecule has 38 heavy (non-hydrogen) atoms. The van der Waals surface area contributed by atoms with Crippen LogP contribution >= 0.6 is 0 Å². The van der Waals surface area contributed by atoms with Gasteiger partial charge in [-0.1, -0.05) is 30.7 Å². The molecule has 1 saturated heterocycles. The average Bonchev–Trinajstić information content (AvgIpc) is 2.97. The number of nitrogens with zero attached hydrogens (tertiary/aromatic N) is 1. The zero-order chi connectivity index (χ0) is 26.3. The van der Waals surface area contributed by atoms with Gasteiger partial charge >= 0.3 is 0 Å². The molecule has 5 rings (SSSR count). The van der Waals surface area contributed by atoms with Gasteiger partial charge in [0.25, 0.3) is 0 Å². The van der Waals surface area contributed by atoms with Crippen molar-refractivity contribution in [1.82, 2.24) is 4.90 Å². The molecule has 4 aromatic rings. The molecule has 1 aliphatic heterocycles. The summed E-state index contributed by atoms with van der Waals surface area (Å²) in [5.41, 5.74) is 3.88. The van der Waals surface area contributed by atoms with Crippen LogP contribution in [0.3, 0.4) is 0 Å². The second kappa shape index (κ2) is 12.2. The lowest BCUT2D eigenvalue weighted by Crippen LogP contribution is -2.33. The molecule has 5 nitrogen and oxygen atoms in total. The first kappa shape index (κ1) is 25.9. The lowest BCUT2D eigenvalue weighted by Gasteiger charge is -2.26. The number of piperidine rings is 1. The Hall–Kier alpha value is -3.77. The summed E-state index contributed by atoms with van der Waals surface area (Å²) in [7, 11) is 3.33. The van der Waals surface area contributed by atoms with Gasteiger partial charge in [0.2, 0.25) is 0 Å². The van der Waals surface area contributed by atoms with Crippen molar-refractivity contribution in [2.75, 3.05) is 45.8 Å². The molecule has 1 heterocycles. The normalized spacial score (nSPS) is 13.9. The van der Waals surface area contributed by atoms with Gasteiger partial charge < -0.3 is 19.5 Å². The van der Waals surface area contributed by atoms with E-state index in [1.54, 1.807) is 26.4 Å². The fourth-order valence-electron chi connectivity index (χ4n) is 5.00. The van der Waals surface area contributed by atoms with E-state index in [4.69, 9.17) is 14.2 Å². The Morgan fingerprint density at radius 2 is 1.53 bits per heavy atom. The van der Waals surface area contributed by atoms with Gasteiger partial charge in [-0.3, -0.25) is 4.90 Å². The highest BCUT2D eigenvalue weighted by molar-refractivity contribution is 5.91. The monoisotopic (exact) mass is 514 g/mol. The maximum Gasteiger partial charge on any atom is 0.165 e. The van der Waals surface area contributed by atoms with E-state index in [-0.39, 0.29) is 5.82 Å². The molecule has 1 aliphatic rings. The Labute approximate surface area is 224 Å². The lowest BCUT2D eigenvalue weighted by molar-refractivity contribution is 0.180. The molecule has 6 heteroatoms. The molecular weight excluding hydrogens is 479 g/mol. The highest BCUT2D eigenvalue weighted by Crippen LogP contribution is 2.34. The van der Waals surface area contributed by atoms with Crippen LogP contribution in [0.2, 0.25) is 0 Å². The van der Waals surface area contributed by atoms with Crippen molar-refractivity contribution in [1.29, 1.82) is 0 Å². The third-order valence-corrected chi connectivity index (χ3v) is 7.18. The smallest absolute Gasteiger partial charge is 0.165 e. The Bertz CT molecular complexity index is 1380. The quantitative estimate of drug-likeness (QED) is 0.244. The summed E-state index contributed by atoms with van der Waals surface area (Å²) in [6.45, 7) is 4.02. The van der Waals surface area contributed by atoms with Crippen LogP contribution in [0.5, 0.6) is 17.2 Å². The molecule has 0 saturated carbocycles. The van der Waals surface area contributed by atoms with E-state index in [1.165, 1.54) is 19.3 Å². The molecule has 0 aromatic heterocycles. The SMILES string of the molecule is COc1ccc(-c2ccc3cc(OC)ccc3c2)c(NCc2ccc(OCCN3CCCCC3)c(F)c2)c1. The van der Waals surface area contributed by atoms with Crippen molar-refractivity contribution in [3.8, 4) is 28.4 Å². The molecule has 1 fully saturated rings. The van der Waals surface area contributed by atoms with Gasteiger partial charge in [0.1, 0.15) is 18.1 Å². The van der Waals surface area contributed by atoms with Crippen molar-refractivity contribution in [2.24, 2.45) is 0 Å². The number of benzene rings is 4. The average molecular weight is 515 g/mol. The van der Waals surface area contributed by atoms with E-state index in [1.807, 2.05) is 36.4 Å². The number of rotatable bonds is 10. The number of ether oxygens (including phenoxy) is 3. The Morgan fingerprint density at radius 3 is 2.32 bits per heavy atom. The number of halogens is 1. The van der Waals surface area contributed by atoms with Crippen molar-refractivity contribution < 1.29 is 18.6 Å². The maximum atomic E-state index is 14.8. The number of fused-ring (bicyclic) bond motifs is 1. The molecule has 0 unspecified atom stereocenters. The van der Waals surface area contributed by atoms with Gasteiger partial charge in [0.05, 0.1) is 14.2 Å². The van der Waals surface area contributed by atoms with E-state index in [0.717, 1.165) is 64.3 Å². The van der Waals surface area contributed by atoms with Crippen molar-refractivity contribution >= 4 is 16.5 Å². The Kier molecular flexibility index (Phi) is 8.29. The fraction of sp³-hybridized carbons (Fsp3) is 0.312. The highest BCUT2D eigenvalue weighted by atomic mass is 19.1. The number of hydrogen-bond acceptors (Lipinski definition) is 5. The highest BCUT2D eigenvalue weighted by Gasteiger charge is 2.12. The molecule has 0 atom stereocenters. The summed E-state index contributed by atoms with van der Waals surface area (Å²) in [6, 6.07) is 23.6. The van der Waals surface area contributed by atoms with E-state index in [2.05, 4.69) is 34.5 Å². The standard InChI is InChI=1S/C32H35FN2O3/c1-36-27-10-9-24-19-26(8-7-25(24)20-27)29-12-11-28(37-2)21-31(29)34-22-23-6-13-32(30(33)18-23)38-17-16-35-14-4-3-5-15-35/h6-13,18-21,34H,3-5,14-17,22H2,1-2H3. The second-order valence-electron chi connectivity index (χ2n) is 9.71. The van der Waals surface area contributed by atoms with Crippen LogP contribution in [-0.4, -0.2) is 45.4 Å². The van der Waals surface area contributed by atoms with Crippen LogP contribution in [0.15, 0.2) is 72.8 Å². The van der Waals surface area contributed by atoms with E-state index in [9.17, 15) is 4.39 Å². The topological polar surface area (TPSA) is 43.0 Å². The van der Waals surface area contributed by atoms with Crippen LogP contribution in [0.25, 0.3) is 21.9 Å². The van der Waals surface area contributed by atoms with E-state index >= 15 is 0 Å². The predicted molar refractivity (Wildman–Crippen MR) is 152 cm³/mol. The van der Waals surface area contributed by atoms with Crippen molar-refractivity contribution in [2.45, 2.75) is 25.8 Å². The van der Waals surface area contributed by atoms with Crippen molar-refractivity contribution in [3.05, 3.63) is 84.2 Å². The van der Waals surface area contributed by atoms with Crippen LogP contribution in [0.1, 0.15) is 24.8 Å². The predicted octanol–water partition coefficient (Wildman–Crippen LogP) is 7.14. The number of hydrogen-bond donors (Lipinski definition) is 1. The van der Waals surface area contributed by atoms with E-state index in [0.29, 0.717) is 18.9 Å². The van der Waals surface area contributed by atoms with Gasteiger partial charge in [0, 0.05) is 30.4 Å². The van der Waals surface area contributed by atoms with Crippen LogP contribution in [-0.2, 0) is 6.54 Å². The minimum Gasteiger partial charge on any atom is -0.497 e. The summed E-state index contributed by atoms with van der Waals surface area (Å²) < 4.78 is 31.4. The maximum absolute atomic E-state index is 14.8. The van der Waals surface area contributed by atoms with Crippen molar-refractivity contribution in [3.63, 3.8) is 0 Å². The number of nitrogens with one attached hydrogen (secondary N) is 1. The minimum atomic E-state index is -0.334. The van der Waals surface area contributed by atoms with Gasteiger partial charge in [-0.15, -0.1) is 0 Å². The summed E-state index contributed by atoms with van der Waals surface area (Å²) in [5, 5.41) is 5.73. The first-order chi connectivity index (χ1) is 18.6. The second-order valence-corrected chi connectivity index (χ2v) is 9.71. The van der Waals surface area contributed by atoms with Gasteiger partial charge in [-0.2, -0.15) is 0 Å². The Balaban J connectivity index is 1.28. The fourth-order valence-corrected chi connectivity index (χ4v) is 5.00. The molecule has 0 spiro atoms. The lowest BCUT2D eigenvalue weighted by atomic mass is 9.99. The first-order valence-electron chi connectivity index (χ1n) is 13.3. The zero-order valence-electron chi connectivity index (χ0n) is 22.1. The van der Waals surface area contributed by atoms with E-state index < -0.39 is 0 Å². The summed E-state index contributed by atoms with van der Waals surface area (Å²) in [6.07, 6.45) is 3.78. The first-order valence-corrected chi connectivity index (χ1v) is 13.3. The molecule has 0 radical (unpaired) electrons. The molecule has 0 amide bonds. The van der Waals surface area contributed by atoms with Crippen LogP contribution in [0.4, 0.5) is 10.1 Å². The van der Waals surface area contributed by atoms with Crippen LogP contribution in [0, 0.1) is 5.82 Å². The number of likely N-dealkylation sites (tertiary alicyclic amines) is 1. The Morgan fingerprint density at radius 1 is 0.789 bits per heavy atom. The third-order valence-electron chi connectivity index (χ3n) is 7.18. The number of methoxy groups -OCH3 is 2. The molecule has 198 valence electrons. The summed E-state index contributed by atoms with van der Waals surface area (Å²) >= 11 is 0. The minimum absolute atomic E-state index is 0.306. The summed E-state index contributed by atoms with van der Waals surface area (Å²) in [4.78, 5) is 2.39. The molecule has 0 aliphatic carbocycles. The largest absolute Gasteiger partial charge is 0.497 e. The zero-order valence-corrected chi connectivity index (χ0v) is 22.1. The van der Waals surface area contributed by atoms with Gasteiger partial charge in [-0.05, 0) is 90.3 Å². The van der Waals surface area contributed by atoms with Crippen LogP contribution < -0.4 is 19.5 Å². The third kappa shape index (κ3) is 6.20. The molecule has 1 N–H and O–H groups in total. The molecular formula is C32H35FN2O3. The van der Waals surface area contributed by atoms with Gasteiger partial charge in [-0.25, -0.2) is 4.39 Å². The van der Waals surface area contributed by atoms with Gasteiger partial charge in [0.15, 0.2) is 11.6 Å². The number of anilines is 1. The summed E-state index contributed by atoms with van der Waals surface area (Å²) in [5.74, 6) is 1.56.